The third kappa shape index (κ3) is 8.82. The maximum Gasteiger partial charge on any atom is 2.00 e. The summed E-state index contributed by atoms with van der Waals surface area (Å²) in [7, 11) is 0. The molecule has 0 unspecified atom stereocenters. The molecule has 0 saturated heterocycles. The topological polar surface area (TPSA) is 31.5 Å². The summed E-state index contributed by atoms with van der Waals surface area (Å²) in [6, 6.07) is 0. The molecule has 0 saturated carbocycles. The summed E-state index contributed by atoms with van der Waals surface area (Å²) in [5.74, 6) is 0. The quantitative estimate of drug-likeness (QED) is 0.454. The third-order valence-corrected chi connectivity index (χ3v) is 0. The molecule has 0 aliphatic carbocycles. The van der Waals surface area contributed by atoms with Crippen molar-refractivity contribution < 1.29 is 25.4 Å². The molecular formula is H7BiCaFeO. The largest absolute Gasteiger partial charge is 2.00 e. The Labute approximate surface area is 87.8 Å². The second kappa shape index (κ2) is 17.5. The molecule has 0 aromatic rings. The average molecular weight is 328 g/mol. The zero-order chi connectivity index (χ0) is 0. The first-order chi connectivity index (χ1) is 0. The van der Waals surface area contributed by atoms with E-state index in [0.29, 0.717) is 0 Å². The van der Waals surface area contributed by atoms with Crippen LogP contribution >= 0.6 is 0 Å². The minimum atomic E-state index is 0. The van der Waals surface area contributed by atoms with E-state index >= 15 is 0 Å². The second-order valence-corrected chi connectivity index (χ2v) is 0. The van der Waals surface area contributed by atoms with Gasteiger partial charge in [-0.05, 0) is 0 Å². The van der Waals surface area contributed by atoms with Crippen molar-refractivity contribution in [3.63, 3.8) is 0 Å². The molecule has 0 rings (SSSR count). The standard InChI is InChI=1S/Bi.Ca.Fe.H2O.5H/h;;;1H2;;;;;/q;+2;;;;;;2*-1. The molecule has 0 bridgehead atoms. The van der Waals surface area contributed by atoms with Gasteiger partial charge in [0.15, 0.2) is 0 Å². The monoisotopic (exact) mass is 328 g/mol. The Bertz CT molecular complexity index is 13.5. The normalized spacial score (nSPS) is 0. The van der Waals surface area contributed by atoms with E-state index in [1.807, 2.05) is 0 Å². The fourth-order valence-electron chi connectivity index (χ4n) is 0. The molecule has 0 amide bonds. The molecule has 0 aliphatic rings. The molecule has 0 heterocycles. The molecule has 0 aliphatic heterocycles. The van der Waals surface area contributed by atoms with Gasteiger partial charge in [0.2, 0.25) is 0 Å². The molecule has 0 fully saturated rings. The van der Waals surface area contributed by atoms with Gasteiger partial charge in [-0.1, -0.05) is 0 Å². The van der Waals surface area contributed by atoms with Crippen molar-refractivity contribution in [2.24, 2.45) is 0 Å². The summed E-state index contributed by atoms with van der Waals surface area (Å²) in [5, 5.41) is 0. The summed E-state index contributed by atoms with van der Waals surface area (Å²) >= 11 is 0. The predicted octanol–water partition coefficient (Wildman–Crippen LogP) is -2.17. The van der Waals surface area contributed by atoms with Crippen molar-refractivity contribution in [2.45, 2.75) is 0 Å². The van der Waals surface area contributed by atoms with Crippen LogP contribution in [0.15, 0.2) is 0 Å². The zero-order valence-corrected chi connectivity index (χ0v) is 11.1. The third-order valence-electron chi connectivity index (χ3n) is 0. The van der Waals surface area contributed by atoms with Crippen LogP contribution in [0.25, 0.3) is 0 Å². The summed E-state index contributed by atoms with van der Waals surface area (Å²) in [6.07, 6.45) is 0. The van der Waals surface area contributed by atoms with E-state index in [4.69, 9.17) is 0 Å². The Morgan fingerprint density at radius 3 is 1.25 bits per heavy atom. The van der Waals surface area contributed by atoms with Gasteiger partial charge in [0.05, 0.1) is 0 Å². The van der Waals surface area contributed by atoms with E-state index < -0.39 is 0 Å². The van der Waals surface area contributed by atoms with Crippen LogP contribution in [0.2, 0.25) is 0 Å². The predicted molar refractivity (Wildman–Crippen MR) is 21.5 cm³/mol. The van der Waals surface area contributed by atoms with Crippen LogP contribution in [0.3, 0.4) is 0 Å². The van der Waals surface area contributed by atoms with Crippen molar-refractivity contribution in [3.05, 3.63) is 0 Å². The van der Waals surface area contributed by atoms with E-state index in [1.54, 1.807) is 0 Å². The van der Waals surface area contributed by atoms with Crippen molar-refractivity contribution in [3.8, 4) is 0 Å². The molecule has 28 valence electrons. The summed E-state index contributed by atoms with van der Waals surface area (Å²) in [4.78, 5) is 0. The number of rotatable bonds is 0. The van der Waals surface area contributed by atoms with E-state index in [-0.39, 0.29) is 89.3 Å². The van der Waals surface area contributed by atoms with E-state index in [2.05, 4.69) is 0 Å². The van der Waals surface area contributed by atoms with Crippen molar-refractivity contribution >= 4 is 63.9 Å². The molecule has 4 heteroatoms. The molecular weight excluding hydrogens is 321 g/mol. The maximum atomic E-state index is 0. The average Bonchev–Trinajstić information content (AvgIpc) is 0. The van der Waals surface area contributed by atoms with Crippen LogP contribution in [0.4, 0.5) is 0 Å². The Morgan fingerprint density at radius 2 is 1.25 bits per heavy atom. The van der Waals surface area contributed by atoms with E-state index in [0.717, 1.165) is 0 Å². The summed E-state index contributed by atoms with van der Waals surface area (Å²) < 4.78 is 0. The maximum absolute atomic E-state index is 0. The van der Waals surface area contributed by atoms with Crippen LogP contribution in [0.5, 0.6) is 0 Å². The SMILES string of the molecule is O.[BiH3].[Ca+2].[Fe].[H-].[H-]. The van der Waals surface area contributed by atoms with Crippen LogP contribution in [-0.2, 0) is 17.1 Å². The Morgan fingerprint density at radius 1 is 1.25 bits per heavy atom. The minimum Gasteiger partial charge on any atom is -1.00 e. The van der Waals surface area contributed by atoms with Gasteiger partial charge in [-0.3, -0.25) is 0 Å². The fourth-order valence-corrected chi connectivity index (χ4v) is 0. The van der Waals surface area contributed by atoms with Gasteiger partial charge in [-0.25, -0.2) is 0 Å². The van der Waals surface area contributed by atoms with E-state index in [1.165, 1.54) is 0 Å². The molecule has 1 nitrogen and oxygen atoms in total. The number of hydrogen-bond acceptors (Lipinski definition) is 0. The van der Waals surface area contributed by atoms with Gasteiger partial charge in [0.25, 0.3) is 0 Å². The smallest absolute Gasteiger partial charge is 1.00 e. The van der Waals surface area contributed by atoms with Crippen LogP contribution in [0, 0.1) is 0 Å². The Balaban J connectivity index is 0. The molecule has 2 N–H and O–H groups in total. The second-order valence-electron chi connectivity index (χ2n) is 0. The first kappa shape index (κ1) is 30.4. The van der Waals surface area contributed by atoms with Gasteiger partial charge in [-0.2, -0.15) is 0 Å². The Kier molecular flexibility index (Phi) is 133. The van der Waals surface area contributed by atoms with Crippen molar-refractivity contribution in [2.75, 3.05) is 0 Å². The van der Waals surface area contributed by atoms with Gasteiger partial charge in [-0.15, -0.1) is 0 Å². The van der Waals surface area contributed by atoms with Crippen molar-refractivity contribution in [1.82, 2.24) is 0 Å². The van der Waals surface area contributed by atoms with Gasteiger partial charge < -0.3 is 8.33 Å². The molecule has 0 aromatic carbocycles. The molecule has 0 aromatic heterocycles. The molecule has 0 spiro atoms. The molecule has 0 atom stereocenters. The number of hydrogen-bond donors (Lipinski definition) is 0. The first-order valence-electron chi connectivity index (χ1n) is 0. The van der Waals surface area contributed by atoms with E-state index in [9.17, 15) is 0 Å². The summed E-state index contributed by atoms with van der Waals surface area (Å²) in [5.41, 5.74) is 0. The zero-order valence-electron chi connectivity index (χ0n) is 4.27. The minimum absolute atomic E-state index is 0. The van der Waals surface area contributed by atoms with Crippen molar-refractivity contribution in [1.29, 1.82) is 0 Å². The van der Waals surface area contributed by atoms with Gasteiger partial charge in [0, 0.05) is 17.1 Å². The van der Waals surface area contributed by atoms with Crippen LogP contribution < -0.4 is 0 Å². The van der Waals surface area contributed by atoms with Gasteiger partial charge >= 0.3 is 63.9 Å². The fraction of sp³-hybridized carbons (Fsp3) is 0. The molecule has 4 heavy (non-hydrogen) atoms. The van der Waals surface area contributed by atoms with Crippen LogP contribution in [-0.4, -0.2) is 69.4 Å². The van der Waals surface area contributed by atoms with Crippen LogP contribution in [0.1, 0.15) is 2.85 Å². The van der Waals surface area contributed by atoms with Gasteiger partial charge in [0.1, 0.15) is 0 Å². The first-order valence-corrected chi connectivity index (χ1v) is 0. The molecule has 0 radical (unpaired) electrons. The summed E-state index contributed by atoms with van der Waals surface area (Å²) in [6.45, 7) is 0. The Hall–Kier alpha value is 2.62.